The summed E-state index contributed by atoms with van der Waals surface area (Å²) in [4.78, 5) is 12.4. The normalized spacial score (nSPS) is 15.2. The van der Waals surface area contributed by atoms with Gasteiger partial charge in [0.15, 0.2) is 0 Å². The molecule has 0 spiro atoms. The second-order valence-corrected chi connectivity index (χ2v) is 9.19. The number of anilines is 1. The Balaban J connectivity index is 1.59. The summed E-state index contributed by atoms with van der Waals surface area (Å²) in [5.74, 6) is 0.105. The number of hydrogen-bond donors (Lipinski definition) is 3. The second kappa shape index (κ2) is 11.4. The minimum atomic E-state index is -0.304. The van der Waals surface area contributed by atoms with Gasteiger partial charge in [0.25, 0.3) is 0 Å². The Morgan fingerprint density at radius 3 is 2.27 bits per heavy atom. The minimum absolute atomic E-state index is 0.105. The lowest BCUT2D eigenvalue weighted by atomic mass is 9.95. The van der Waals surface area contributed by atoms with Gasteiger partial charge >= 0.3 is 6.03 Å². The van der Waals surface area contributed by atoms with Crippen LogP contribution in [0, 0.1) is 0 Å². The Kier molecular flexibility index (Phi) is 8.97. The lowest BCUT2D eigenvalue weighted by Crippen LogP contribution is -2.34. The zero-order valence-corrected chi connectivity index (χ0v) is 19.5. The third-order valence-corrected chi connectivity index (χ3v) is 6.86. The van der Waals surface area contributed by atoms with E-state index in [-0.39, 0.29) is 11.9 Å². The van der Waals surface area contributed by atoms with E-state index in [1.807, 2.05) is 12.1 Å². The average molecular weight is 489 g/mol. The van der Waals surface area contributed by atoms with E-state index in [0.29, 0.717) is 38.4 Å². The van der Waals surface area contributed by atoms with Crippen molar-refractivity contribution >= 4 is 58.1 Å². The van der Waals surface area contributed by atoms with Crippen molar-refractivity contribution in [1.82, 2.24) is 10.6 Å². The number of rotatable bonds is 8. The molecule has 1 saturated carbocycles. The van der Waals surface area contributed by atoms with Crippen molar-refractivity contribution in [2.24, 2.45) is 0 Å². The molecule has 0 heterocycles. The number of nitrogens with one attached hydrogen (secondary N) is 3. The van der Waals surface area contributed by atoms with Gasteiger partial charge in [-0.15, -0.1) is 0 Å². The fraction of sp³-hybridized carbons (Fsp3) is 0.409. The van der Waals surface area contributed by atoms with Crippen LogP contribution in [0.2, 0.25) is 20.1 Å². The summed E-state index contributed by atoms with van der Waals surface area (Å²) in [6.07, 6.45) is 5.94. The molecule has 0 aromatic heterocycles. The quantitative estimate of drug-likeness (QED) is 0.370. The van der Waals surface area contributed by atoms with E-state index in [0.717, 1.165) is 18.5 Å². The van der Waals surface area contributed by atoms with Crippen LogP contribution in [-0.4, -0.2) is 25.2 Å². The molecule has 3 rings (SSSR count). The molecule has 0 bridgehead atoms. The highest BCUT2D eigenvalue weighted by atomic mass is 35.5. The van der Waals surface area contributed by atoms with Gasteiger partial charge in [0.05, 0.1) is 20.1 Å². The van der Waals surface area contributed by atoms with Crippen LogP contribution in [0.3, 0.4) is 0 Å². The zero-order valence-electron chi connectivity index (χ0n) is 16.5. The Morgan fingerprint density at radius 1 is 0.933 bits per heavy atom. The van der Waals surface area contributed by atoms with E-state index in [1.165, 1.54) is 25.7 Å². The summed E-state index contributed by atoms with van der Waals surface area (Å²) in [5, 5.41) is 11.2. The summed E-state index contributed by atoms with van der Waals surface area (Å²) in [6.45, 7) is 1.35. The predicted molar refractivity (Wildman–Crippen MR) is 128 cm³/mol. The monoisotopic (exact) mass is 487 g/mol. The Morgan fingerprint density at radius 2 is 1.60 bits per heavy atom. The standard InChI is InChI=1S/C22H25Cl4N3O/c23-18-7-5-14(11-20(18)25)15(9-10-27-16-3-1-2-4-16)13-28-22(30)29-17-6-8-19(24)21(26)12-17/h5-8,11-12,15-16,27H,1-4,9-10,13H2,(H2,28,29,30). The molecule has 2 amide bonds. The number of amides is 2. The number of hydrogen-bond acceptors (Lipinski definition) is 2. The predicted octanol–water partition coefficient (Wildman–Crippen LogP) is 7.13. The van der Waals surface area contributed by atoms with Gasteiger partial charge in [0.1, 0.15) is 0 Å². The molecule has 1 aliphatic rings. The first-order chi connectivity index (χ1) is 14.4. The van der Waals surface area contributed by atoms with Crippen molar-refractivity contribution in [3.63, 3.8) is 0 Å². The molecule has 1 aliphatic carbocycles. The van der Waals surface area contributed by atoms with Gasteiger partial charge in [-0.1, -0.05) is 65.3 Å². The molecule has 162 valence electrons. The summed E-state index contributed by atoms with van der Waals surface area (Å²) in [5.41, 5.74) is 1.63. The van der Waals surface area contributed by atoms with Gasteiger partial charge in [-0.2, -0.15) is 0 Å². The molecule has 3 N–H and O–H groups in total. The van der Waals surface area contributed by atoms with Crippen molar-refractivity contribution in [2.45, 2.75) is 44.1 Å². The fourth-order valence-corrected chi connectivity index (χ4v) is 4.31. The smallest absolute Gasteiger partial charge is 0.319 e. The first-order valence-corrected chi connectivity index (χ1v) is 11.6. The molecule has 30 heavy (non-hydrogen) atoms. The molecule has 1 fully saturated rings. The van der Waals surface area contributed by atoms with E-state index in [4.69, 9.17) is 46.4 Å². The molecule has 0 aliphatic heterocycles. The van der Waals surface area contributed by atoms with Crippen molar-refractivity contribution in [3.05, 3.63) is 62.1 Å². The van der Waals surface area contributed by atoms with Crippen LogP contribution in [-0.2, 0) is 0 Å². The molecule has 2 aromatic rings. The molecule has 8 heteroatoms. The van der Waals surface area contributed by atoms with Crippen LogP contribution in [0.5, 0.6) is 0 Å². The van der Waals surface area contributed by atoms with E-state index in [9.17, 15) is 4.79 Å². The lowest BCUT2D eigenvalue weighted by Gasteiger charge is -2.21. The van der Waals surface area contributed by atoms with Gasteiger partial charge in [0.2, 0.25) is 0 Å². The van der Waals surface area contributed by atoms with Gasteiger partial charge in [0, 0.05) is 24.2 Å². The van der Waals surface area contributed by atoms with Crippen molar-refractivity contribution in [3.8, 4) is 0 Å². The highest BCUT2D eigenvalue weighted by molar-refractivity contribution is 6.42. The van der Waals surface area contributed by atoms with Gasteiger partial charge in [-0.3, -0.25) is 0 Å². The van der Waals surface area contributed by atoms with E-state index >= 15 is 0 Å². The van der Waals surface area contributed by atoms with Crippen LogP contribution < -0.4 is 16.0 Å². The van der Waals surface area contributed by atoms with Crippen LogP contribution in [0.1, 0.15) is 43.6 Å². The Labute approximate surface area is 197 Å². The zero-order chi connectivity index (χ0) is 21.5. The number of benzene rings is 2. The van der Waals surface area contributed by atoms with Crippen LogP contribution in [0.4, 0.5) is 10.5 Å². The molecule has 2 aromatic carbocycles. The van der Waals surface area contributed by atoms with Crippen molar-refractivity contribution < 1.29 is 4.79 Å². The largest absolute Gasteiger partial charge is 0.337 e. The van der Waals surface area contributed by atoms with Gasteiger partial charge < -0.3 is 16.0 Å². The summed E-state index contributed by atoms with van der Waals surface area (Å²) in [6, 6.07) is 10.9. The maximum Gasteiger partial charge on any atom is 0.319 e. The molecule has 1 atom stereocenters. The van der Waals surface area contributed by atoms with E-state index in [1.54, 1.807) is 24.3 Å². The molecular weight excluding hydrogens is 464 g/mol. The van der Waals surface area contributed by atoms with E-state index in [2.05, 4.69) is 16.0 Å². The fourth-order valence-electron chi connectivity index (χ4n) is 3.71. The second-order valence-electron chi connectivity index (χ2n) is 7.56. The first-order valence-electron chi connectivity index (χ1n) is 10.1. The molecular formula is C22H25Cl4N3O. The lowest BCUT2D eigenvalue weighted by molar-refractivity contribution is 0.251. The van der Waals surface area contributed by atoms with E-state index < -0.39 is 0 Å². The molecule has 4 nitrogen and oxygen atoms in total. The Hall–Kier alpha value is -1.17. The van der Waals surface area contributed by atoms with Crippen LogP contribution >= 0.6 is 46.4 Å². The summed E-state index contributed by atoms with van der Waals surface area (Å²) in [7, 11) is 0. The maximum atomic E-state index is 12.4. The third-order valence-electron chi connectivity index (χ3n) is 5.38. The topological polar surface area (TPSA) is 53.2 Å². The number of carbonyl (C=O) groups is 1. The SMILES string of the molecule is O=C(NCC(CCNC1CCCC1)c1ccc(Cl)c(Cl)c1)Nc1ccc(Cl)c(Cl)c1. The maximum absolute atomic E-state index is 12.4. The highest BCUT2D eigenvalue weighted by Gasteiger charge is 2.18. The van der Waals surface area contributed by atoms with Crippen molar-refractivity contribution in [2.75, 3.05) is 18.4 Å². The highest BCUT2D eigenvalue weighted by Crippen LogP contribution is 2.28. The Bertz CT molecular complexity index is 871. The minimum Gasteiger partial charge on any atom is -0.337 e. The average Bonchev–Trinajstić information content (AvgIpc) is 3.23. The first kappa shape index (κ1) is 23.5. The summed E-state index contributed by atoms with van der Waals surface area (Å²) < 4.78 is 0. The molecule has 0 radical (unpaired) electrons. The molecule has 1 unspecified atom stereocenters. The van der Waals surface area contributed by atoms with Crippen LogP contribution in [0.15, 0.2) is 36.4 Å². The number of carbonyl (C=O) groups excluding carboxylic acids is 1. The number of halogens is 4. The van der Waals surface area contributed by atoms with Gasteiger partial charge in [-0.25, -0.2) is 4.79 Å². The number of urea groups is 1. The molecule has 0 saturated heterocycles. The van der Waals surface area contributed by atoms with Crippen molar-refractivity contribution in [1.29, 1.82) is 0 Å². The van der Waals surface area contributed by atoms with Crippen LogP contribution in [0.25, 0.3) is 0 Å². The van der Waals surface area contributed by atoms with Gasteiger partial charge in [-0.05, 0) is 61.7 Å². The third kappa shape index (κ3) is 6.93. The summed E-state index contributed by atoms with van der Waals surface area (Å²) >= 11 is 24.2.